The van der Waals surface area contributed by atoms with Crippen LogP contribution in [0.3, 0.4) is 0 Å². The molecule has 0 fully saturated rings. The number of carbonyl (C=O) groups excluding carboxylic acids is 2. The molecule has 2 aromatic carbocycles. The molecule has 0 saturated heterocycles. The summed E-state index contributed by atoms with van der Waals surface area (Å²) in [4.78, 5) is 36.3. The highest BCUT2D eigenvalue weighted by molar-refractivity contribution is 5.94. The molecule has 1 amide bonds. The van der Waals surface area contributed by atoms with Crippen LogP contribution in [0.2, 0.25) is 0 Å². The molecule has 0 N–H and O–H groups in total. The van der Waals surface area contributed by atoms with E-state index in [9.17, 15) is 19.7 Å². The van der Waals surface area contributed by atoms with Crippen LogP contribution in [-0.2, 0) is 9.53 Å². The van der Waals surface area contributed by atoms with Crippen molar-refractivity contribution in [1.29, 1.82) is 0 Å². The Morgan fingerprint density at radius 2 is 1.85 bits per heavy atom. The van der Waals surface area contributed by atoms with Gasteiger partial charge in [-0.25, -0.2) is 4.79 Å². The maximum atomic E-state index is 12.3. The van der Waals surface area contributed by atoms with Gasteiger partial charge >= 0.3 is 5.97 Å². The Labute approximate surface area is 156 Å². The van der Waals surface area contributed by atoms with Gasteiger partial charge in [-0.3, -0.25) is 14.9 Å². The van der Waals surface area contributed by atoms with Gasteiger partial charge in [0.1, 0.15) is 11.3 Å². The average molecular weight is 372 g/mol. The van der Waals surface area contributed by atoms with Crippen molar-refractivity contribution in [2.75, 3.05) is 20.8 Å². The maximum Gasteiger partial charge on any atom is 0.342 e. The Morgan fingerprint density at radius 1 is 1.19 bits per heavy atom. The highest BCUT2D eigenvalue weighted by atomic mass is 16.6. The first-order valence-electron chi connectivity index (χ1n) is 8.15. The molecular weight excluding hydrogens is 352 g/mol. The number of nitro groups is 1. The summed E-state index contributed by atoms with van der Waals surface area (Å²) in [6, 6.07) is 12.8. The fourth-order valence-corrected chi connectivity index (χ4v) is 2.45. The van der Waals surface area contributed by atoms with E-state index in [2.05, 4.69) is 0 Å². The molecule has 0 bridgehead atoms. The molecule has 0 unspecified atom stereocenters. The SMILES string of the molecule is COc1ccc([N+](=O)[O-])cc1C(=O)OCC(=O)N(C)[C@H](C)c1ccccc1. The number of nitro benzene ring substituents is 1. The van der Waals surface area contributed by atoms with E-state index in [4.69, 9.17) is 9.47 Å². The third-order valence-electron chi connectivity index (χ3n) is 4.20. The van der Waals surface area contributed by atoms with Gasteiger partial charge in [0.25, 0.3) is 11.6 Å². The quantitative estimate of drug-likeness (QED) is 0.421. The van der Waals surface area contributed by atoms with Crippen LogP contribution in [0.4, 0.5) is 5.69 Å². The van der Waals surface area contributed by atoms with Gasteiger partial charge < -0.3 is 14.4 Å². The average Bonchev–Trinajstić information content (AvgIpc) is 2.70. The number of amides is 1. The maximum absolute atomic E-state index is 12.3. The van der Waals surface area contributed by atoms with Crippen LogP contribution in [0, 0.1) is 10.1 Å². The lowest BCUT2D eigenvalue weighted by Crippen LogP contribution is -2.33. The smallest absolute Gasteiger partial charge is 0.342 e. The summed E-state index contributed by atoms with van der Waals surface area (Å²) in [5.74, 6) is -1.14. The molecule has 8 nitrogen and oxygen atoms in total. The van der Waals surface area contributed by atoms with E-state index >= 15 is 0 Å². The molecule has 27 heavy (non-hydrogen) atoms. The minimum atomic E-state index is -0.871. The number of carbonyl (C=O) groups is 2. The van der Waals surface area contributed by atoms with Crippen molar-refractivity contribution in [3.8, 4) is 5.75 Å². The van der Waals surface area contributed by atoms with Gasteiger partial charge in [-0.1, -0.05) is 30.3 Å². The predicted molar refractivity (Wildman–Crippen MR) is 97.6 cm³/mol. The zero-order valence-corrected chi connectivity index (χ0v) is 15.2. The van der Waals surface area contributed by atoms with Crippen LogP contribution in [0.5, 0.6) is 5.75 Å². The van der Waals surface area contributed by atoms with Gasteiger partial charge in [-0.15, -0.1) is 0 Å². The first-order chi connectivity index (χ1) is 12.8. The van der Waals surface area contributed by atoms with Crippen molar-refractivity contribution in [3.05, 3.63) is 69.8 Å². The van der Waals surface area contributed by atoms with Gasteiger partial charge in [-0.05, 0) is 18.6 Å². The number of nitrogens with zero attached hydrogens (tertiary/aromatic N) is 2. The second-order valence-electron chi connectivity index (χ2n) is 5.81. The first kappa shape index (κ1) is 19.9. The van der Waals surface area contributed by atoms with Gasteiger partial charge in [0.15, 0.2) is 6.61 Å². The molecule has 0 aliphatic rings. The summed E-state index contributed by atoms with van der Waals surface area (Å²) in [6.45, 7) is 1.37. The summed E-state index contributed by atoms with van der Waals surface area (Å²) in [7, 11) is 2.94. The summed E-state index contributed by atoms with van der Waals surface area (Å²) in [5.41, 5.74) is 0.558. The molecule has 2 aromatic rings. The number of non-ortho nitro benzene ring substituents is 1. The summed E-state index contributed by atoms with van der Waals surface area (Å²) in [5, 5.41) is 10.9. The second kappa shape index (κ2) is 8.79. The number of rotatable bonds is 7. The number of hydrogen-bond acceptors (Lipinski definition) is 6. The number of methoxy groups -OCH3 is 1. The number of ether oxygens (including phenoxy) is 2. The van der Waals surface area contributed by atoms with Crippen LogP contribution < -0.4 is 4.74 Å². The molecule has 1 atom stereocenters. The molecule has 0 spiro atoms. The lowest BCUT2D eigenvalue weighted by molar-refractivity contribution is -0.384. The number of hydrogen-bond donors (Lipinski definition) is 0. The first-order valence-corrected chi connectivity index (χ1v) is 8.15. The predicted octanol–water partition coefficient (Wildman–Crippen LogP) is 2.98. The van der Waals surface area contributed by atoms with E-state index in [1.807, 2.05) is 37.3 Å². The minimum absolute atomic E-state index is 0.113. The third-order valence-corrected chi connectivity index (χ3v) is 4.20. The fraction of sp³-hybridized carbons (Fsp3) is 0.263. The molecule has 142 valence electrons. The van der Waals surface area contributed by atoms with Crippen LogP contribution in [0.15, 0.2) is 48.5 Å². The molecule has 8 heteroatoms. The van der Waals surface area contributed by atoms with Crippen LogP contribution in [0.25, 0.3) is 0 Å². The Kier molecular flexibility index (Phi) is 6.48. The van der Waals surface area contributed by atoms with E-state index < -0.39 is 23.4 Å². The highest BCUT2D eigenvalue weighted by Gasteiger charge is 2.22. The molecule has 0 aromatic heterocycles. The van der Waals surface area contributed by atoms with E-state index in [0.29, 0.717) is 0 Å². The minimum Gasteiger partial charge on any atom is -0.496 e. The van der Waals surface area contributed by atoms with Crippen LogP contribution in [-0.4, -0.2) is 42.5 Å². The molecule has 0 aliphatic carbocycles. The van der Waals surface area contributed by atoms with Gasteiger partial charge in [0.2, 0.25) is 0 Å². The molecule has 0 radical (unpaired) electrons. The molecule has 0 heterocycles. The summed E-state index contributed by atoms with van der Waals surface area (Å²) >= 11 is 0. The van der Waals surface area contributed by atoms with Gasteiger partial charge in [-0.2, -0.15) is 0 Å². The topological polar surface area (TPSA) is 99.0 Å². The lowest BCUT2D eigenvalue weighted by Gasteiger charge is -2.25. The summed E-state index contributed by atoms with van der Waals surface area (Å²) < 4.78 is 10.1. The number of likely N-dealkylation sites (N-methyl/N-ethyl adjacent to an activating group) is 1. The standard InChI is InChI=1S/C19H20N2O6/c1-13(14-7-5-4-6-8-14)20(2)18(22)12-27-19(23)16-11-15(21(24)25)9-10-17(16)26-3/h4-11,13H,12H2,1-3H3/t13-/m1/s1. The molecule has 2 rings (SSSR count). The fourth-order valence-electron chi connectivity index (χ4n) is 2.45. The summed E-state index contributed by atoms with van der Waals surface area (Å²) in [6.07, 6.45) is 0. The van der Waals surface area contributed by atoms with Crippen molar-refractivity contribution >= 4 is 17.6 Å². The van der Waals surface area contributed by atoms with Crippen molar-refractivity contribution in [2.24, 2.45) is 0 Å². The Bertz CT molecular complexity index is 837. The van der Waals surface area contributed by atoms with Crippen molar-refractivity contribution in [1.82, 2.24) is 4.90 Å². The van der Waals surface area contributed by atoms with Gasteiger partial charge in [0.05, 0.1) is 18.1 Å². The van der Waals surface area contributed by atoms with Crippen LogP contribution in [0.1, 0.15) is 28.9 Å². The zero-order chi connectivity index (χ0) is 20.0. The van der Waals surface area contributed by atoms with E-state index in [-0.39, 0.29) is 23.0 Å². The van der Waals surface area contributed by atoms with Crippen LogP contribution >= 0.6 is 0 Å². The lowest BCUT2D eigenvalue weighted by atomic mass is 10.1. The van der Waals surface area contributed by atoms with E-state index in [0.717, 1.165) is 11.6 Å². The third kappa shape index (κ3) is 4.81. The second-order valence-corrected chi connectivity index (χ2v) is 5.81. The van der Waals surface area contributed by atoms with Crippen molar-refractivity contribution in [3.63, 3.8) is 0 Å². The Hall–Kier alpha value is -3.42. The highest BCUT2D eigenvalue weighted by Crippen LogP contribution is 2.25. The molecular formula is C19H20N2O6. The number of esters is 1. The Balaban J connectivity index is 2.05. The van der Waals surface area contributed by atoms with Crippen molar-refractivity contribution < 1.29 is 24.0 Å². The van der Waals surface area contributed by atoms with Crippen molar-refractivity contribution in [2.45, 2.75) is 13.0 Å². The van der Waals surface area contributed by atoms with E-state index in [1.54, 1.807) is 7.05 Å². The normalized spacial score (nSPS) is 11.4. The monoisotopic (exact) mass is 372 g/mol. The largest absolute Gasteiger partial charge is 0.496 e. The van der Waals surface area contributed by atoms with E-state index in [1.165, 1.54) is 24.1 Å². The Morgan fingerprint density at radius 3 is 2.44 bits per heavy atom. The zero-order valence-electron chi connectivity index (χ0n) is 15.2. The molecule has 0 aliphatic heterocycles. The molecule has 0 saturated carbocycles. The number of benzene rings is 2. The van der Waals surface area contributed by atoms with Gasteiger partial charge in [0, 0.05) is 19.2 Å².